The van der Waals surface area contributed by atoms with Gasteiger partial charge in [0, 0.05) is 19.0 Å². The van der Waals surface area contributed by atoms with Gasteiger partial charge in [0.05, 0.1) is 11.0 Å². The van der Waals surface area contributed by atoms with Gasteiger partial charge >= 0.3 is 0 Å². The van der Waals surface area contributed by atoms with Gasteiger partial charge in [-0.2, -0.15) is 0 Å². The van der Waals surface area contributed by atoms with Gasteiger partial charge in [0.1, 0.15) is 0 Å². The van der Waals surface area contributed by atoms with E-state index in [0.717, 1.165) is 19.5 Å². The van der Waals surface area contributed by atoms with Crippen molar-refractivity contribution in [3.05, 3.63) is 0 Å². The molecule has 0 radical (unpaired) electrons. The number of amides is 1. The summed E-state index contributed by atoms with van der Waals surface area (Å²) in [6.45, 7) is 3.61. The molecule has 0 aromatic rings. The second kappa shape index (κ2) is 4.02. The molecule has 1 saturated heterocycles. The molecule has 0 aromatic heterocycles. The van der Waals surface area contributed by atoms with Crippen LogP contribution in [-0.4, -0.2) is 34.9 Å². The van der Waals surface area contributed by atoms with Crippen LogP contribution in [0.3, 0.4) is 0 Å². The van der Waals surface area contributed by atoms with Crippen molar-refractivity contribution >= 4 is 23.1 Å². The lowest BCUT2D eigenvalue weighted by Crippen LogP contribution is -2.56. The van der Waals surface area contributed by atoms with Gasteiger partial charge < -0.3 is 11.5 Å². The van der Waals surface area contributed by atoms with E-state index in [9.17, 15) is 4.79 Å². The number of carbonyl (C=O) groups is 1. The number of hydrogen-bond donors (Lipinski definition) is 2. The molecule has 1 aliphatic rings. The van der Waals surface area contributed by atoms with Gasteiger partial charge in [-0.15, -0.1) is 0 Å². The standard InChI is InChI=1S/C8H15N3OS/c1-5(8(10)13)4-11-3-2-6(11)7(9)12/h5-6H,2-4H2,1H3,(H2,9,12)(H2,10,13). The Kier molecular flexibility index (Phi) is 3.22. The van der Waals surface area contributed by atoms with E-state index in [2.05, 4.69) is 0 Å². The Bertz CT molecular complexity index is 231. The van der Waals surface area contributed by atoms with Crippen LogP contribution in [0.2, 0.25) is 0 Å². The lowest BCUT2D eigenvalue weighted by Gasteiger charge is -2.40. The zero-order chi connectivity index (χ0) is 10.0. The van der Waals surface area contributed by atoms with Gasteiger partial charge in [-0.1, -0.05) is 19.1 Å². The van der Waals surface area contributed by atoms with Crippen LogP contribution >= 0.6 is 12.2 Å². The molecule has 0 saturated carbocycles. The minimum atomic E-state index is -0.249. The summed E-state index contributed by atoms with van der Waals surface area (Å²) in [6, 6.07) is -0.100. The SMILES string of the molecule is CC(CN1CCC1C(N)=O)C(N)=S. The third-order valence-corrected chi connectivity index (χ3v) is 2.86. The van der Waals surface area contributed by atoms with Gasteiger partial charge in [0.2, 0.25) is 5.91 Å². The van der Waals surface area contributed by atoms with Crippen LogP contribution in [0.4, 0.5) is 0 Å². The molecule has 74 valence electrons. The molecule has 2 unspecified atom stereocenters. The first kappa shape index (κ1) is 10.4. The van der Waals surface area contributed by atoms with Crippen LogP contribution in [0.1, 0.15) is 13.3 Å². The van der Waals surface area contributed by atoms with Crippen molar-refractivity contribution in [1.29, 1.82) is 0 Å². The van der Waals surface area contributed by atoms with Gasteiger partial charge in [-0.05, 0) is 6.42 Å². The first-order valence-electron chi connectivity index (χ1n) is 4.35. The molecule has 13 heavy (non-hydrogen) atoms. The summed E-state index contributed by atoms with van der Waals surface area (Å²) < 4.78 is 0. The smallest absolute Gasteiger partial charge is 0.234 e. The quantitative estimate of drug-likeness (QED) is 0.600. The molecule has 4 nitrogen and oxygen atoms in total. The maximum atomic E-state index is 10.9. The molecule has 1 amide bonds. The summed E-state index contributed by atoms with van der Waals surface area (Å²) >= 11 is 4.85. The minimum absolute atomic E-state index is 0.100. The minimum Gasteiger partial charge on any atom is -0.393 e. The fourth-order valence-electron chi connectivity index (χ4n) is 1.42. The second-order valence-electron chi connectivity index (χ2n) is 3.51. The van der Waals surface area contributed by atoms with E-state index in [-0.39, 0.29) is 17.9 Å². The van der Waals surface area contributed by atoms with Crippen molar-refractivity contribution in [2.75, 3.05) is 13.1 Å². The van der Waals surface area contributed by atoms with Crippen molar-refractivity contribution < 1.29 is 4.79 Å². The fourth-order valence-corrected chi connectivity index (χ4v) is 1.50. The van der Waals surface area contributed by atoms with E-state index < -0.39 is 0 Å². The highest BCUT2D eigenvalue weighted by Gasteiger charge is 2.33. The molecule has 1 fully saturated rings. The fraction of sp³-hybridized carbons (Fsp3) is 0.750. The van der Waals surface area contributed by atoms with E-state index >= 15 is 0 Å². The Morgan fingerprint density at radius 3 is 2.62 bits per heavy atom. The number of thiocarbonyl (C=S) groups is 1. The predicted octanol–water partition coefficient (Wildman–Crippen LogP) is -0.532. The van der Waals surface area contributed by atoms with Crippen LogP contribution in [0.25, 0.3) is 0 Å². The summed E-state index contributed by atoms with van der Waals surface area (Å²) in [5.41, 5.74) is 10.7. The van der Waals surface area contributed by atoms with Gasteiger partial charge in [-0.3, -0.25) is 9.69 Å². The Morgan fingerprint density at radius 1 is 1.69 bits per heavy atom. The molecule has 1 rings (SSSR count). The van der Waals surface area contributed by atoms with Crippen molar-refractivity contribution in [2.24, 2.45) is 17.4 Å². The average molecular weight is 201 g/mol. The number of hydrogen-bond acceptors (Lipinski definition) is 3. The zero-order valence-electron chi connectivity index (χ0n) is 7.69. The van der Waals surface area contributed by atoms with Crippen molar-refractivity contribution in [2.45, 2.75) is 19.4 Å². The van der Waals surface area contributed by atoms with E-state index in [1.807, 2.05) is 11.8 Å². The van der Waals surface area contributed by atoms with Crippen LogP contribution in [0, 0.1) is 5.92 Å². The first-order valence-corrected chi connectivity index (χ1v) is 4.76. The van der Waals surface area contributed by atoms with Gasteiger partial charge in [0.15, 0.2) is 0 Å². The largest absolute Gasteiger partial charge is 0.393 e. The highest BCUT2D eigenvalue weighted by molar-refractivity contribution is 7.80. The average Bonchev–Trinajstić information content (AvgIpc) is 1.95. The van der Waals surface area contributed by atoms with E-state index in [1.165, 1.54) is 0 Å². The van der Waals surface area contributed by atoms with Crippen LogP contribution in [0.5, 0.6) is 0 Å². The molecular formula is C8H15N3OS. The number of nitrogens with two attached hydrogens (primary N) is 2. The van der Waals surface area contributed by atoms with E-state index in [4.69, 9.17) is 23.7 Å². The molecule has 0 aliphatic carbocycles. The normalized spacial score (nSPS) is 24.8. The van der Waals surface area contributed by atoms with Crippen LogP contribution < -0.4 is 11.5 Å². The number of rotatable bonds is 4. The van der Waals surface area contributed by atoms with E-state index in [0.29, 0.717) is 4.99 Å². The number of nitrogens with zero attached hydrogens (tertiary/aromatic N) is 1. The molecule has 1 aliphatic heterocycles. The molecule has 0 spiro atoms. The number of primary amides is 1. The summed E-state index contributed by atoms with van der Waals surface area (Å²) in [5.74, 6) is -0.0986. The monoisotopic (exact) mass is 201 g/mol. The molecule has 1 heterocycles. The topological polar surface area (TPSA) is 72.3 Å². The predicted molar refractivity (Wildman–Crippen MR) is 55.1 cm³/mol. The van der Waals surface area contributed by atoms with E-state index in [1.54, 1.807) is 0 Å². The molecule has 0 bridgehead atoms. The highest BCUT2D eigenvalue weighted by atomic mass is 32.1. The Labute approximate surface area is 83.2 Å². The highest BCUT2D eigenvalue weighted by Crippen LogP contribution is 2.18. The molecular weight excluding hydrogens is 186 g/mol. The summed E-state index contributed by atoms with van der Waals surface area (Å²) in [6.07, 6.45) is 0.861. The zero-order valence-corrected chi connectivity index (χ0v) is 8.51. The summed E-state index contributed by atoms with van der Waals surface area (Å²) in [4.78, 5) is 13.4. The van der Waals surface area contributed by atoms with Crippen LogP contribution in [0.15, 0.2) is 0 Å². The maximum absolute atomic E-state index is 10.9. The third kappa shape index (κ3) is 2.38. The Hall–Kier alpha value is -0.680. The summed E-state index contributed by atoms with van der Waals surface area (Å²) in [7, 11) is 0. The molecule has 4 N–H and O–H groups in total. The third-order valence-electron chi connectivity index (χ3n) is 2.45. The maximum Gasteiger partial charge on any atom is 0.234 e. The first-order chi connectivity index (χ1) is 6.02. The lowest BCUT2D eigenvalue weighted by atomic mass is 10.00. The number of likely N-dealkylation sites (tertiary alicyclic amines) is 1. The molecule has 5 heteroatoms. The Balaban J connectivity index is 2.38. The molecule has 0 aromatic carbocycles. The van der Waals surface area contributed by atoms with Crippen molar-refractivity contribution in [3.63, 3.8) is 0 Å². The van der Waals surface area contributed by atoms with Crippen LogP contribution in [-0.2, 0) is 4.79 Å². The van der Waals surface area contributed by atoms with Gasteiger partial charge in [0.25, 0.3) is 0 Å². The van der Waals surface area contributed by atoms with Gasteiger partial charge in [-0.25, -0.2) is 0 Å². The van der Waals surface area contributed by atoms with Crippen molar-refractivity contribution in [1.82, 2.24) is 4.90 Å². The lowest BCUT2D eigenvalue weighted by molar-refractivity contribution is -0.127. The summed E-state index contributed by atoms with van der Waals surface area (Å²) in [5, 5.41) is 0. The molecule has 2 atom stereocenters. The van der Waals surface area contributed by atoms with Crippen molar-refractivity contribution in [3.8, 4) is 0 Å². The second-order valence-corrected chi connectivity index (χ2v) is 3.98. The Morgan fingerprint density at radius 2 is 2.31 bits per heavy atom. The number of carbonyl (C=O) groups excluding carboxylic acids is 1.